The molecule has 0 aliphatic heterocycles. The summed E-state index contributed by atoms with van der Waals surface area (Å²) in [5, 5.41) is 30.1. The minimum atomic E-state index is -1.06. The first-order valence-electron chi connectivity index (χ1n) is 8.76. The molecule has 1 aliphatic carbocycles. The van der Waals surface area contributed by atoms with Crippen molar-refractivity contribution in [3.05, 3.63) is 0 Å². The number of carbonyl (C=O) groups is 2. The van der Waals surface area contributed by atoms with E-state index >= 15 is 0 Å². The Balaban J connectivity index is 2.66. The number of nitrogens with zero attached hydrogens (tertiary/aromatic N) is 1. The fourth-order valence-electron chi connectivity index (χ4n) is 3.63. The molecule has 1 fully saturated rings. The lowest BCUT2D eigenvalue weighted by Gasteiger charge is -2.37. The van der Waals surface area contributed by atoms with Crippen LogP contribution in [-0.2, 0) is 0 Å². The number of aliphatic hydroxyl groups excluding tert-OH is 1. The molecular formula is C17H32N2O5. The van der Waals surface area contributed by atoms with Crippen molar-refractivity contribution in [2.45, 2.75) is 70.9 Å². The topological polar surface area (TPSA) is 110 Å². The van der Waals surface area contributed by atoms with Crippen LogP contribution in [0.2, 0.25) is 0 Å². The second-order valence-corrected chi connectivity index (χ2v) is 7.74. The maximum Gasteiger partial charge on any atom is 0.407 e. The van der Waals surface area contributed by atoms with Gasteiger partial charge in [-0.1, -0.05) is 12.8 Å². The highest BCUT2D eigenvalue weighted by molar-refractivity contribution is 5.66. The van der Waals surface area contributed by atoms with Crippen LogP contribution in [0.1, 0.15) is 59.3 Å². The molecule has 0 saturated heterocycles. The molecule has 2 amide bonds. The summed E-state index contributed by atoms with van der Waals surface area (Å²) >= 11 is 0. The SMILES string of the molecule is CC(C)(C)N(CCC(NC(=O)O)C1CCC(CCO)CC1)C(=O)O. The molecule has 4 N–H and O–H groups in total. The van der Waals surface area contributed by atoms with Gasteiger partial charge >= 0.3 is 12.2 Å². The molecule has 1 atom stereocenters. The van der Waals surface area contributed by atoms with Crippen LogP contribution < -0.4 is 5.32 Å². The molecule has 1 saturated carbocycles. The van der Waals surface area contributed by atoms with E-state index in [1.165, 1.54) is 4.90 Å². The van der Waals surface area contributed by atoms with E-state index in [0.29, 0.717) is 18.9 Å². The van der Waals surface area contributed by atoms with Crippen molar-refractivity contribution < 1.29 is 24.9 Å². The molecule has 7 nitrogen and oxygen atoms in total. The lowest BCUT2D eigenvalue weighted by atomic mass is 9.76. The van der Waals surface area contributed by atoms with Gasteiger partial charge < -0.3 is 25.5 Å². The summed E-state index contributed by atoms with van der Waals surface area (Å²) in [5.74, 6) is 0.744. The third kappa shape index (κ3) is 6.55. The molecule has 1 unspecified atom stereocenters. The summed E-state index contributed by atoms with van der Waals surface area (Å²) in [4.78, 5) is 23.9. The molecule has 0 bridgehead atoms. The van der Waals surface area contributed by atoms with Crippen LogP contribution in [0.15, 0.2) is 0 Å². The summed E-state index contributed by atoms with van der Waals surface area (Å²) in [6.45, 7) is 6.01. The zero-order valence-electron chi connectivity index (χ0n) is 15.0. The monoisotopic (exact) mass is 344 g/mol. The summed E-state index contributed by atoms with van der Waals surface area (Å²) in [6.07, 6.45) is 3.05. The molecule has 0 aromatic carbocycles. The van der Waals surface area contributed by atoms with Gasteiger partial charge in [-0.25, -0.2) is 9.59 Å². The Morgan fingerprint density at radius 3 is 2.17 bits per heavy atom. The van der Waals surface area contributed by atoms with Crippen LogP contribution in [0, 0.1) is 11.8 Å². The molecule has 0 radical (unpaired) electrons. The molecule has 140 valence electrons. The Morgan fingerprint density at radius 1 is 1.17 bits per heavy atom. The van der Waals surface area contributed by atoms with Crippen LogP contribution in [0.25, 0.3) is 0 Å². The second kappa shape index (κ2) is 9.11. The third-order valence-electron chi connectivity index (χ3n) is 5.01. The molecular weight excluding hydrogens is 312 g/mol. The Kier molecular flexibility index (Phi) is 7.79. The van der Waals surface area contributed by atoms with Crippen molar-refractivity contribution in [1.29, 1.82) is 0 Å². The Labute approximate surface area is 144 Å². The van der Waals surface area contributed by atoms with Crippen LogP contribution in [-0.4, -0.2) is 57.1 Å². The summed E-state index contributed by atoms with van der Waals surface area (Å²) in [5.41, 5.74) is -0.515. The predicted molar refractivity (Wildman–Crippen MR) is 91.2 cm³/mol. The molecule has 7 heteroatoms. The van der Waals surface area contributed by atoms with E-state index in [9.17, 15) is 14.7 Å². The molecule has 1 aliphatic rings. The number of amides is 2. The van der Waals surface area contributed by atoms with Gasteiger partial charge in [-0.15, -0.1) is 0 Å². The number of aliphatic hydroxyl groups is 1. The minimum Gasteiger partial charge on any atom is -0.465 e. The van der Waals surface area contributed by atoms with Crippen LogP contribution in [0.5, 0.6) is 0 Å². The number of carboxylic acid groups (broad SMARTS) is 2. The largest absolute Gasteiger partial charge is 0.465 e. The minimum absolute atomic E-state index is 0.200. The first-order valence-corrected chi connectivity index (χ1v) is 8.76. The highest BCUT2D eigenvalue weighted by atomic mass is 16.4. The average molecular weight is 344 g/mol. The highest BCUT2D eigenvalue weighted by Gasteiger charge is 2.31. The van der Waals surface area contributed by atoms with Crippen molar-refractivity contribution in [3.8, 4) is 0 Å². The quantitative estimate of drug-likeness (QED) is 0.567. The van der Waals surface area contributed by atoms with Gasteiger partial charge in [0.2, 0.25) is 0 Å². The third-order valence-corrected chi connectivity index (χ3v) is 5.01. The molecule has 1 rings (SSSR count). The van der Waals surface area contributed by atoms with Crippen LogP contribution >= 0.6 is 0 Å². The van der Waals surface area contributed by atoms with Gasteiger partial charge in [-0.3, -0.25) is 0 Å². The van der Waals surface area contributed by atoms with E-state index in [4.69, 9.17) is 10.2 Å². The normalized spacial score (nSPS) is 22.7. The van der Waals surface area contributed by atoms with Crippen molar-refractivity contribution in [2.75, 3.05) is 13.2 Å². The van der Waals surface area contributed by atoms with Crippen LogP contribution in [0.3, 0.4) is 0 Å². The van der Waals surface area contributed by atoms with E-state index in [0.717, 1.165) is 32.1 Å². The zero-order chi connectivity index (χ0) is 18.3. The molecule has 0 aromatic heterocycles. The first kappa shape index (κ1) is 20.5. The number of rotatable bonds is 7. The molecule has 24 heavy (non-hydrogen) atoms. The van der Waals surface area contributed by atoms with Gasteiger partial charge in [0.25, 0.3) is 0 Å². The van der Waals surface area contributed by atoms with Gasteiger partial charge in [0.05, 0.1) is 0 Å². The smallest absolute Gasteiger partial charge is 0.407 e. The summed E-state index contributed by atoms with van der Waals surface area (Å²) in [6, 6.07) is -0.234. The summed E-state index contributed by atoms with van der Waals surface area (Å²) in [7, 11) is 0. The lowest BCUT2D eigenvalue weighted by molar-refractivity contribution is 0.0925. The number of hydrogen-bond acceptors (Lipinski definition) is 3. The van der Waals surface area contributed by atoms with Gasteiger partial charge in [0.15, 0.2) is 0 Å². The molecule has 0 heterocycles. The standard InChI is InChI=1S/C17H32N2O5/c1-17(2,3)19(16(23)24)10-8-14(18-15(21)22)13-6-4-12(5-7-13)9-11-20/h12-14,18,20H,4-11H2,1-3H3,(H,21,22)(H,23,24). The maximum atomic E-state index is 11.4. The second-order valence-electron chi connectivity index (χ2n) is 7.74. The van der Waals surface area contributed by atoms with Gasteiger partial charge in [-0.2, -0.15) is 0 Å². The van der Waals surface area contributed by atoms with Gasteiger partial charge in [-0.05, 0) is 58.3 Å². The van der Waals surface area contributed by atoms with E-state index in [2.05, 4.69) is 5.32 Å². The van der Waals surface area contributed by atoms with Crippen molar-refractivity contribution >= 4 is 12.2 Å². The van der Waals surface area contributed by atoms with E-state index < -0.39 is 17.7 Å². The molecule has 0 aromatic rings. The van der Waals surface area contributed by atoms with E-state index in [1.807, 2.05) is 20.8 Å². The van der Waals surface area contributed by atoms with Crippen LogP contribution in [0.4, 0.5) is 9.59 Å². The van der Waals surface area contributed by atoms with Crippen molar-refractivity contribution in [2.24, 2.45) is 11.8 Å². The van der Waals surface area contributed by atoms with E-state index in [1.54, 1.807) is 0 Å². The molecule has 0 spiro atoms. The Hall–Kier alpha value is -1.50. The predicted octanol–water partition coefficient (Wildman–Crippen LogP) is 2.98. The van der Waals surface area contributed by atoms with Crippen molar-refractivity contribution in [1.82, 2.24) is 10.2 Å². The van der Waals surface area contributed by atoms with Gasteiger partial charge in [0, 0.05) is 24.7 Å². The summed E-state index contributed by atoms with van der Waals surface area (Å²) < 4.78 is 0. The number of nitrogens with one attached hydrogen (secondary N) is 1. The maximum absolute atomic E-state index is 11.4. The van der Waals surface area contributed by atoms with Gasteiger partial charge in [0.1, 0.15) is 0 Å². The zero-order valence-corrected chi connectivity index (χ0v) is 15.0. The highest BCUT2D eigenvalue weighted by Crippen LogP contribution is 2.33. The Bertz CT molecular complexity index is 414. The van der Waals surface area contributed by atoms with E-state index in [-0.39, 0.29) is 18.6 Å². The Morgan fingerprint density at radius 2 is 1.75 bits per heavy atom. The fraction of sp³-hybridized carbons (Fsp3) is 0.882. The lowest BCUT2D eigenvalue weighted by Crippen LogP contribution is -2.49. The fourth-order valence-corrected chi connectivity index (χ4v) is 3.63. The van der Waals surface area contributed by atoms with Crippen molar-refractivity contribution in [3.63, 3.8) is 0 Å². The number of hydrogen-bond donors (Lipinski definition) is 4. The first-order chi connectivity index (χ1) is 11.1. The average Bonchev–Trinajstić information content (AvgIpc) is 2.45.